The summed E-state index contributed by atoms with van der Waals surface area (Å²) in [6, 6.07) is 5.91. The van der Waals surface area contributed by atoms with Crippen molar-refractivity contribution in [2.24, 2.45) is 0 Å². The van der Waals surface area contributed by atoms with Crippen LogP contribution in [0.2, 0.25) is 0 Å². The van der Waals surface area contributed by atoms with Crippen LogP contribution in [0.5, 0.6) is 0 Å². The monoisotopic (exact) mass is 353 g/mol. The van der Waals surface area contributed by atoms with Gasteiger partial charge in [0.15, 0.2) is 0 Å². The zero-order valence-corrected chi connectivity index (χ0v) is 15.0. The van der Waals surface area contributed by atoms with Gasteiger partial charge in [0.1, 0.15) is 0 Å². The SMILES string of the molecule is CC(C)(C)NS(=O)(=O)c1ccc(C(=O)N2CCN(C=O)CC2)cc1. The number of sulfonamides is 1. The fourth-order valence-corrected chi connectivity index (χ4v) is 3.87. The minimum Gasteiger partial charge on any atom is -0.342 e. The molecule has 0 spiro atoms. The zero-order valence-electron chi connectivity index (χ0n) is 14.2. The van der Waals surface area contributed by atoms with E-state index >= 15 is 0 Å². The number of nitrogens with zero attached hydrogens (tertiary/aromatic N) is 2. The number of carbonyl (C=O) groups excluding carboxylic acids is 2. The highest BCUT2D eigenvalue weighted by molar-refractivity contribution is 7.89. The lowest BCUT2D eigenvalue weighted by molar-refractivity contribution is -0.119. The standard InChI is InChI=1S/C16H23N3O4S/c1-16(2,3)17-24(22,23)14-6-4-13(5-7-14)15(21)19-10-8-18(12-20)9-11-19/h4-7,12,17H,8-11H2,1-3H3. The molecule has 132 valence electrons. The highest BCUT2D eigenvalue weighted by Gasteiger charge is 2.24. The number of hydrogen-bond acceptors (Lipinski definition) is 4. The van der Waals surface area contributed by atoms with E-state index in [9.17, 15) is 18.0 Å². The number of nitrogens with one attached hydrogen (secondary N) is 1. The molecule has 24 heavy (non-hydrogen) atoms. The van der Waals surface area contributed by atoms with Crippen molar-refractivity contribution in [1.82, 2.24) is 14.5 Å². The molecule has 1 aliphatic heterocycles. The van der Waals surface area contributed by atoms with Crippen molar-refractivity contribution >= 4 is 22.3 Å². The molecule has 0 atom stereocenters. The normalized spacial score (nSPS) is 16.1. The average Bonchev–Trinajstić information content (AvgIpc) is 2.52. The lowest BCUT2D eigenvalue weighted by Crippen LogP contribution is -2.48. The molecule has 0 saturated carbocycles. The predicted octanol–water partition coefficient (Wildman–Crippen LogP) is 0.678. The van der Waals surface area contributed by atoms with Crippen molar-refractivity contribution in [3.05, 3.63) is 29.8 Å². The Labute approximate surface area is 142 Å². The molecule has 0 aromatic heterocycles. The van der Waals surface area contributed by atoms with Crippen LogP contribution in [0.4, 0.5) is 0 Å². The number of hydrogen-bond donors (Lipinski definition) is 1. The second-order valence-corrected chi connectivity index (χ2v) is 8.50. The van der Waals surface area contributed by atoms with Crippen LogP contribution in [0.25, 0.3) is 0 Å². The van der Waals surface area contributed by atoms with Crippen molar-refractivity contribution in [3.8, 4) is 0 Å². The molecule has 1 aromatic carbocycles. The van der Waals surface area contributed by atoms with E-state index in [2.05, 4.69) is 4.72 Å². The first-order valence-corrected chi connectivity index (χ1v) is 9.23. The van der Waals surface area contributed by atoms with Gasteiger partial charge in [0, 0.05) is 37.3 Å². The Morgan fingerprint density at radius 1 is 1.08 bits per heavy atom. The van der Waals surface area contributed by atoms with Gasteiger partial charge >= 0.3 is 0 Å². The summed E-state index contributed by atoms with van der Waals surface area (Å²) in [6.07, 6.45) is 0.781. The second-order valence-electron chi connectivity index (χ2n) is 6.81. The second kappa shape index (κ2) is 6.90. The molecule has 0 bridgehead atoms. The predicted molar refractivity (Wildman–Crippen MR) is 90.1 cm³/mol. The summed E-state index contributed by atoms with van der Waals surface area (Å²) < 4.78 is 27.1. The van der Waals surface area contributed by atoms with Crippen LogP contribution < -0.4 is 4.72 Å². The summed E-state index contributed by atoms with van der Waals surface area (Å²) in [4.78, 5) is 26.5. The molecule has 8 heteroatoms. The Morgan fingerprint density at radius 3 is 2.08 bits per heavy atom. The van der Waals surface area contributed by atoms with Gasteiger partial charge in [0.25, 0.3) is 5.91 Å². The van der Waals surface area contributed by atoms with E-state index in [0.29, 0.717) is 31.7 Å². The number of benzene rings is 1. The fraction of sp³-hybridized carbons (Fsp3) is 0.500. The fourth-order valence-electron chi connectivity index (χ4n) is 2.45. The maximum atomic E-state index is 12.4. The van der Waals surface area contributed by atoms with Crippen LogP contribution in [-0.2, 0) is 14.8 Å². The van der Waals surface area contributed by atoms with Crippen LogP contribution in [0, 0.1) is 0 Å². The number of piperazine rings is 1. The van der Waals surface area contributed by atoms with Gasteiger partial charge in [-0.3, -0.25) is 9.59 Å². The lowest BCUT2D eigenvalue weighted by atomic mass is 10.1. The number of amides is 2. The Bertz CT molecular complexity index is 700. The summed E-state index contributed by atoms with van der Waals surface area (Å²) in [7, 11) is -3.62. The maximum Gasteiger partial charge on any atom is 0.253 e. The van der Waals surface area contributed by atoms with Crippen LogP contribution in [-0.4, -0.2) is 62.3 Å². The molecule has 1 N–H and O–H groups in total. The molecule has 2 amide bonds. The van der Waals surface area contributed by atoms with Gasteiger partial charge in [-0.1, -0.05) is 0 Å². The van der Waals surface area contributed by atoms with Gasteiger partial charge in [-0.05, 0) is 45.0 Å². The molecule has 1 fully saturated rings. The quantitative estimate of drug-likeness (QED) is 0.807. The molecule has 1 aliphatic rings. The summed E-state index contributed by atoms with van der Waals surface area (Å²) in [6.45, 7) is 7.27. The highest BCUT2D eigenvalue weighted by atomic mass is 32.2. The van der Waals surface area contributed by atoms with E-state index in [0.717, 1.165) is 6.41 Å². The third kappa shape index (κ3) is 4.55. The van der Waals surface area contributed by atoms with E-state index in [1.807, 2.05) is 0 Å². The zero-order chi connectivity index (χ0) is 18.0. The molecule has 2 rings (SSSR count). The topological polar surface area (TPSA) is 86.8 Å². The van der Waals surface area contributed by atoms with Gasteiger partial charge in [-0.2, -0.15) is 0 Å². The minimum atomic E-state index is -3.62. The van der Waals surface area contributed by atoms with E-state index in [-0.39, 0.29) is 10.8 Å². The molecule has 7 nitrogen and oxygen atoms in total. The van der Waals surface area contributed by atoms with Crippen LogP contribution >= 0.6 is 0 Å². The van der Waals surface area contributed by atoms with E-state index in [1.165, 1.54) is 24.3 Å². The lowest BCUT2D eigenvalue weighted by Gasteiger charge is -2.32. The molecule has 1 heterocycles. The molecule has 1 saturated heterocycles. The number of rotatable bonds is 4. The van der Waals surface area contributed by atoms with Crippen molar-refractivity contribution in [3.63, 3.8) is 0 Å². The number of carbonyl (C=O) groups is 2. The Morgan fingerprint density at radius 2 is 1.62 bits per heavy atom. The average molecular weight is 353 g/mol. The van der Waals surface area contributed by atoms with Crippen LogP contribution in [0.15, 0.2) is 29.2 Å². The van der Waals surface area contributed by atoms with Crippen molar-refractivity contribution in [2.45, 2.75) is 31.2 Å². The Balaban J connectivity index is 2.09. The van der Waals surface area contributed by atoms with Gasteiger partial charge in [0.2, 0.25) is 16.4 Å². The van der Waals surface area contributed by atoms with E-state index in [4.69, 9.17) is 0 Å². The highest BCUT2D eigenvalue weighted by Crippen LogP contribution is 2.15. The molecule has 0 unspecified atom stereocenters. The first-order chi connectivity index (χ1) is 11.1. The van der Waals surface area contributed by atoms with Gasteiger partial charge in [0.05, 0.1) is 4.90 Å². The van der Waals surface area contributed by atoms with Crippen molar-refractivity contribution in [2.75, 3.05) is 26.2 Å². The van der Waals surface area contributed by atoms with Gasteiger partial charge < -0.3 is 9.80 Å². The summed E-state index contributed by atoms with van der Waals surface area (Å²) in [5.41, 5.74) is -0.143. The summed E-state index contributed by atoms with van der Waals surface area (Å²) in [5, 5.41) is 0. The molecule has 0 radical (unpaired) electrons. The minimum absolute atomic E-state index is 0.125. The molecular formula is C16H23N3O4S. The third-order valence-corrected chi connectivity index (χ3v) is 5.38. The third-order valence-electron chi connectivity index (χ3n) is 3.60. The van der Waals surface area contributed by atoms with E-state index < -0.39 is 15.6 Å². The van der Waals surface area contributed by atoms with Crippen LogP contribution in [0.3, 0.4) is 0 Å². The van der Waals surface area contributed by atoms with E-state index in [1.54, 1.807) is 30.6 Å². The van der Waals surface area contributed by atoms with Gasteiger partial charge in [-0.15, -0.1) is 0 Å². The Hall–Kier alpha value is -1.93. The molecule has 0 aliphatic carbocycles. The first-order valence-electron chi connectivity index (χ1n) is 7.75. The van der Waals surface area contributed by atoms with Gasteiger partial charge in [-0.25, -0.2) is 13.1 Å². The summed E-state index contributed by atoms with van der Waals surface area (Å²) >= 11 is 0. The summed E-state index contributed by atoms with van der Waals surface area (Å²) in [5.74, 6) is -0.159. The maximum absolute atomic E-state index is 12.4. The van der Waals surface area contributed by atoms with Crippen molar-refractivity contribution < 1.29 is 18.0 Å². The van der Waals surface area contributed by atoms with Crippen LogP contribution in [0.1, 0.15) is 31.1 Å². The molecule has 1 aromatic rings. The molecular weight excluding hydrogens is 330 g/mol. The smallest absolute Gasteiger partial charge is 0.253 e. The largest absolute Gasteiger partial charge is 0.342 e. The Kier molecular flexibility index (Phi) is 5.29. The van der Waals surface area contributed by atoms with Crippen molar-refractivity contribution in [1.29, 1.82) is 0 Å². The first kappa shape index (κ1) is 18.4.